The first kappa shape index (κ1) is 11.1. The summed E-state index contributed by atoms with van der Waals surface area (Å²) in [7, 11) is 0. The quantitative estimate of drug-likeness (QED) is 0.346. The molecule has 1 rings (SSSR count). The summed E-state index contributed by atoms with van der Waals surface area (Å²) in [5.74, 6) is 1.29. The lowest BCUT2D eigenvalue weighted by Crippen LogP contribution is -2.07. The smallest absolute Gasteiger partial charge is 0.201 e. The number of nitrogens with one attached hydrogen (secondary N) is 1. The van der Waals surface area contributed by atoms with Crippen LogP contribution in [0.5, 0.6) is 0 Å². The molecule has 0 bridgehead atoms. The summed E-state index contributed by atoms with van der Waals surface area (Å²) in [4.78, 5) is 0. The molecule has 0 saturated heterocycles. The molecule has 1 aromatic rings. The van der Waals surface area contributed by atoms with Crippen molar-refractivity contribution in [1.29, 1.82) is 0 Å². The van der Waals surface area contributed by atoms with E-state index in [4.69, 9.17) is 16.8 Å². The van der Waals surface area contributed by atoms with Gasteiger partial charge in [-0.3, -0.25) is 0 Å². The highest BCUT2D eigenvalue weighted by molar-refractivity contribution is 7.98. The molecule has 78 valence electrons. The normalized spacial score (nSPS) is 11.7. The van der Waals surface area contributed by atoms with Crippen LogP contribution in [0, 0.1) is 0 Å². The number of nitrogens with zero attached hydrogens (tertiary/aromatic N) is 3. The zero-order chi connectivity index (χ0) is 10.4. The predicted octanol–water partition coefficient (Wildman–Crippen LogP) is 1.22. The summed E-state index contributed by atoms with van der Waals surface area (Å²) in [6.07, 6.45) is 1.99. The SMILES string of the molecule is CSCCNc1nonc1/C(Cl)=N/O. The second kappa shape index (κ2) is 5.71. The zero-order valence-electron chi connectivity index (χ0n) is 7.40. The molecule has 0 fully saturated rings. The highest BCUT2D eigenvalue weighted by Crippen LogP contribution is 2.12. The largest absolute Gasteiger partial charge is 0.410 e. The monoisotopic (exact) mass is 236 g/mol. The molecule has 1 aromatic heterocycles. The first-order valence-corrected chi connectivity index (χ1v) is 5.50. The third-order valence-corrected chi connectivity index (χ3v) is 2.24. The predicted molar refractivity (Wildman–Crippen MR) is 55.3 cm³/mol. The molecule has 2 N–H and O–H groups in total. The van der Waals surface area contributed by atoms with Gasteiger partial charge in [-0.05, 0) is 16.6 Å². The lowest BCUT2D eigenvalue weighted by atomic mass is 10.4. The number of halogens is 1. The molecule has 14 heavy (non-hydrogen) atoms. The van der Waals surface area contributed by atoms with Crippen molar-refractivity contribution < 1.29 is 9.84 Å². The molecule has 0 aromatic carbocycles. The molecule has 0 spiro atoms. The first-order chi connectivity index (χ1) is 6.79. The van der Waals surface area contributed by atoms with Crippen LogP contribution in [0.4, 0.5) is 5.82 Å². The minimum Gasteiger partial charge on any atom is -0.410 e. The Hall–Kier alpha value is -0.950. The van der Waals surface area contributed by atoms with Gasteiger partial charge in [-0.2, -0.15) is 11.8 Å². The van der Waals surface area contributed by atoms with Gasteiger partial charge in [0, 0.05) is 12.3 Å². The summed E-state index contributed by atoms with van der Waals surface area (Å²) in [6, 6.07) is 0. The Labute approximate surface area is 89.6 Å². The number of hydrogen-bond donors (Lipinski definition) is 2. The van der Waals surface area contributed by atoms with Crippen LogP contribution in [-0.4, -0.2) is 39.2 Å². The van der Waals surface area contributed by atoms with Crippen LogP contribution in [0.25, 0.3) is 0 Å². The van der Waals surface area contributed by atoms with Crippen molar-refractivity contribution in [3.8, 4) is 0 Å². The number of hydrogen-bond acceptors (Lipinski definition) is 7. The van der Waals surface area contributed by atoms with Gasteiger partial charge < -0.3 is 10.5 Å². The Balaban J connectivity index is 2.63. The Bertz CT molecular complexity index is 317. The maximum atomic E-state index is 8.42. The van der Waals surface area contributed by atoms with E-state index in [0.29, 0.717) is 12.4 Å². The maximum Gasteiger partial charge on any atom is 0.201 e. The van der Waals surface area contributed by atoms with Crippen molar-refractivity contribution in [2.75, 3.05) is 23.9 Å². The van der Waals surface area contributed by atoms with Crippen molar-refractivity contribution in [2.45, 2.75) is 0 Å². The lowest BCUT2D eigenvalue weighted by Gasteiger charge is -1.99. The molecule has 0 radical (unpaired) electrons. The van der Waals surface area contributed by atoms with E-state index < -0.39 is 0 Å². The van der Waals surface area contributed by atoms with Gasteiger partial charge in [-0.1, -0.05) is 16.8 Å². The van der Waals surface area contributed by atoms with Gasteiger partial charge in [0.1, 0.15) is 0 Å². The molecular formula is C6H9ClN4O2S. The molecule has 8 heteroatoms. The molecule has 0 aliphatic carbocycles. The standard InChI is InChI=1S/C6H9ClN4O2S/c1-14-3-2-8-6-4(5(7)9-12)10-13-11-6/h12H,2-3H2,1H3,(H,8,11)/b9-5-. The van der Waals surface area contributed by atoms with E-state index in [2.05, 4.69) is 25.4 Å². The molecule has 0 saturated carbocycles. The number of aromatic nitrogens is 2. The highest BCUT2D eigenvalue weighted by atomic mass is 35.5. The fourth-order valence-corrected chi connectivity index (χ4v) is 1.19. The van der Waals surface area contributed by atoms with Crippen LogP contribution in [0.1, 0.15) is 5.69 Å². The van der Waals surface area contributed by atoms with Crippen molar-refractivity contribution in [3.63, 3.8) is 0 Å². The molecule has 0 aliphatic rings. The number of rotatable bonds is 5. The zero-order valence-corrected chi connectivity index (χ0v) is 8.97. The molecule has 0 amide bonds. The van der Waals surface area contributed by atoms with Crippen molar-refractivity contribution in [3.05, 3.63) is 5.69 Å². The summed E-state index contributed by atoms with van der Waals surface area (Å²) < 4.78 is 4.45. The Morgan fingerprint density at radius 1 is 1.71 bits per heavy atom. The lowest BCUT2D eigenvalue weighted by molar-refractivity contribution is 0.305. The topological polar surface area (TPSA) is 83.5 Å². The summed E-state index contributed by atoms with van der Waals surface area (Å²) >= 11 is 7.23. The molecule has 6 nitrogen and oxygen atoms in total. The summed E-state index contributed by atoms with van der Waals surface area (Å²) in [5.41, 5.74) is 0.204. The molecule has 0 atom stereocenters. The van der Waals surface area contributed by atoms with Gasteiger partial charge in [0.25, 0.3) is 0 Å². The van der Waals surface area contributed by atoms with Gasteiger partial charge in [0.05, 0.1) is 0 Å². The van der Waals surface area contributed by atoms with E-state index in [-0.39, 0.29) is 10.9 Å². The van der Waals surface area contributed by atoms with Gasteiger partial charge in [0.2, 0.25) is 11.0 Å². The number of anilines is 1. The van der Waals surface area contributed by atoms with Gasteiger partial charge >= 0.3 is 0 Å². The van der Waals surface area contributed by atoms with Crippen LogP contribution in [0.3, 0.4) is 0 Å². The molecule has 0 aliphatic heterocycles. The molecular weight excluding hydrogens is 228 g/mol. The third kappa shape index (κ3) is 2.78. The van der Waals surface area contributed by atoms with E-state index in [1.54, 1.807) is 11.8 Å². The van der Waals surface area contributed by atoms with Gasteiger partial charge in [-0.25, -0.2) is 4.63 Å². The van der Waals surface area contributed by atoms with Crippen LogP contribution in [-0.2, 0) is 0 Å². The van der Waals surface area contributed by atoms with Crippen molar-refractivity contribution >= 4 is 34.4 Å². The highest BCUT2D eigenvalue weighted by Gasteiger charge is 2.14. The van der Waals surface area contributed by atoms with Crippen molar-refractivity contribution in [1.82, 2.24) is 10.3 Å². The molecule has 1 heterocycles. The fourth-order valence-electron chi connectivity index (χ4n) is 0.759. The van der Waals surface area contributed by atoms with Crippen LogP contribution < -0.4 is 5.32 Å². The minimum atomic E-state index is -0.155. The van der Waals surface area contributed by atoms with Crippen LogP contribution in [0.2, 0.25) is 0 Å². The first-order valence-electron chi connectivity index (χ1n) is 3.73. The fraction of sp³-hybridized carbons (Fsp3) is 0.500. The minimum absolute atomic E-state index is 0.155. The van der Waals surface area contributed by atoms with E-state index in [1.807, 2.05) is 6.26 Å². The van der Waals surface area contributed by atoms with Crippen LogP contribution >= 0.6 is 23.4 Å². The second-order valence-electron chi connectivity index (χ2n) is 2.27. The third-order valence-electron chi connectivity index (χ3n) is 1.37. The number of thioether (sulfide) groups is 1. The maximum absolute atomic E-state index is 8.42. The summed E-state index contributed by atoms with van der Waals surface area (Å²) in [6.45, 7) is 0.706. The van der Waals surface area contributed by atoms with E-state index in [1.165, 1.54) is 0 Å². The molecule has 0 unspecified atom stereocenters. The van der Waals surface area contributed by atoms with Gasteiger partial charge in [0.15, 0.2) is 5.69 Å². The average Bonchev–Trinajstić information content (AvgIpc) is 2.65. The average molecular weight is 237 g/mol. The second-order valence-corrected chi connectivity index (χ2v) is 3.62. The van der Waals surface area contributed by atoms with E-state index >= 15 is 0 Å². The number of oxime groups is 1. The van der Waals surface area contributed by atoms with E-state index in [9.17, 15) is 0 Å². The van der Waals surface area contributed by atoms with Crippen LogP contribution in [0.15, 0.2) is 9.78 Å². The Kier molecular flexibility index (Phi) is 4.54. The van der Waals surface area contributed by atoms with E-state index in [0.717, 1.165) is 5.75 Å². The van der Waals surface area contributed by atoms with Crippen molar-refractivity contribution in [2.24, 2.45) is 5.16 Å². The Morgan fingerprint density at radius 2 is 2.50 bits per heavy atom. The summed E-state index contributed by atoms with van der Waals surface area (Å²) in [5, 5.41) is 21.1. The Morgan fingerprint density at radius 3 is 3.14 bits per heavy atom. The van der Waals surface area contributed by atoms with Gasteiger partial charge in [-0.15, -0.1) is 0 Å².